The SMILES string of the molecule is CCCn1nc(C)c(N)c1N(C)Cc1ccccc1F. The maximum atomic E-state index is 13.7. The number of benzene rings is 1. The van der Waals surface area contributed by atoms with Crippen LogP contribution in [0, 0.1) is 12.7 Å². The Bertz CT molecular complexity index is 592. The van der Waals surface area contributed by atoms with Crippen molar-refractivity contribution in [1.82, 2.24) is 9.78 Å². The van der Waals surface area contributed by atoms with Crippen LogP contribution in [-0.4, -0.2) is 16.8 Å². The summed E-state index contributed by atoms with van der Waals surface area (Å²) in [4.78, 5) is 1.95. The van der Waals surface area contributed by atoms with Gasteiger partial charge in [0.15, 0.2) is 5.82 Å². The van der Waals surface area contributed by atoms with E-state index in [1.165, 1.54) is 6.07 Å². The summed E-state index contributed by atoms with van der Waals surface area (Å²) in [6.45, 7) is 5.25. The van der Waals surface area contributed by atoms with E-state index in [2.05, 4.69) is 12.0 Å². The fourth-order valence-electron chi connectivity index (χ4n) is 2.31. The van der Waals surface area contributed by atoms with Gasteiger partial charge in [-0.25, -0.2) is 9.07 Å². The molecule has 20 heavy (non-hydrogen) atoms. The van der Waals surface area contributed by atoms with Gasteiger partial charge in [-0.1, -0.05) is 25.1 Å². The summed E-state index contributed by atoms with van der Waals surface area (Å²) >= 11 is 0. The second-order valence-electron chi connectivity index (χ2n) is 4.99. The smallest absolute Gasteiger partial charge is 0.150 e. The summed E-state index contributed by atoms with van der Waals surface area (Å²) in [5, 5.41) is 4.44. The molecule has 0 unspecified atom stereocenters. The van der Waals surface area contributed by atoms with Crippen molar-refractivity contribution in [3.63, 3.8) is 0 Å². The Morgan fingerprint density at radius 2 is 2.05 bits per heavy atom. The Morgan fingerprint density at radius 3 is 2.70 bits per heavy atom. The molecular formula is C15H21FN4. The first kappa shape index (κ1) is 14.4. The van der Waals surface area contributed by atoms with Crippen LogP contribution in [0.5, 0.6) is 0 Å². The molecule has 4 nitrogen and oxygen atoms in total. The number of anilines is 2. The van der Waals surface area contributed by atoms with Gasteiger partial charge in [-0.2, -0.15) is 5.10 Å². The van der Waals surface area contributed by atoms with Crippen molar-refractivity contribution in [2.75, 3.05) is 17.7 Å². The first-order chi connectivity index (χ1) is 9.54. The molecule has 0 aliphatic heterocycles. The van der Waals surface area contributed by atoms with E-state index < -0.39 is 0 Å². The normalized spacial score (nSPS) is 10.8. The molecule has 0 saturated carbocycles. The summed E-state index contributed by atoms with van der Waals surface area (Å²) in [5.74, 6) is 0.656. The lowest BCUT2D eigenvalue weighted by Gasteiger charge is -2.21. The predicted molar refractivity (Wildman–Crippen MR) is 80.2 cm³/mol. The van der Waals surface area contributed by atoms with Gasteiger partial charge in [0.2, 0.25) is 0 Å². The summed E-state index contributed by atoms with van der Waals surface area (Å²) < 4.78 is 15.6. The molecule has 2 aromatic rings. The van der Waals surface area contributed by atoms with Crippen molar-refractivity contribution in [3.8, 4) is 0 Å². The second-order valence-corrected chi connectivity index (χ2v) is 4.99. The fraction of sp³-hybridized carbons (Fsp3) is 0.400. The quantitative estimate of drug-likeness (QED) is 0.913. The van der Waals surface area contributed by atoms with Gasteiger partial charge in [0, 0.05) is 25.7 Å². The molecular weight excluding hydrogens is 255 g/mol. The minimum Gasteiger partial charge on any atom is -0.394 e. The monoisotopic (exact) mass is 276 g/mol. The fourth-order valence-corrected chi connectivity index (χ4v) is 2.31. The molecule has 2 N–H and O–H groups in total. The zero-order chi connectivity index (χ0) is 14.7. The third-order valence-corrected chi connectivity index (χ3v) is 3.31. The molecule has 1 aromatic carbocycles. The Balaban J connectivity index is 2.29. The number of nitrogens with two attached hydrogens (primary N) is 1. The van der Waals surface area contributed by atoms with E-state index in [4.69, 9.17) is 5.73 Å². The van der Waals surface area contributed by atoms with Gasteiger partial charge in [-0.3, -0.25) is 0 Å². The van der Waals surface area contributed by atoms with Gasteiger partial charge in [-0.15, -0.1) is 0 Å². The van der Waals surface area contributed by atoms with E-state index in [-0.39, 0.29) is 5.82 Å². The van der Waals surface area contributed by atoms with Crippen LogP contribution in [0.25, 0.3) is 0 Å². The number of aromatic nitrogens is 2. The summed E-state index contributed by atoms with van der Waals surface area (Å²) in [6, 6.07) is 6.79. The number of hydrogen-bond acceptors (Lipinski definition) is 3. The number of halogens is 1. The maximum Gasteiger partial charge on any atom is 0.150 e. The highest BCUT2D eigenvalue weighted by Crippen LogP contribution is 2.27. The average Bonchev–Trinajstić information content (AvgIpc) is 2.68. The van der Waals surface area contributed by atoms with E-state index in [1.807, 2.05) is 29.6 Å². The topological polar surface area (TPSA) is 47.1 Å². The summed E-state index contributed by atoms with van der Waals surface area (Å²) in [5.41, 5.74) is 8.23. The lowest BCUT2D eigenvalue weighted by Crippen LogP contribution is -2.22. The minimum atomic E-state index is -0.198. The zero-order valence-electron chi connectivity index (χ0n) is 12.2. The van der Waals surface area contributed by atoms with E-state index in [9.17, 15) is 4.39 Å². The lowest BCUT2D eigenvalue weighted by molar-refractivity contribution is 0.583. The second kappa shape index (κ2) is 5.94. The zero-order valence-corrected chi connectivity index (χ0v) is 12.2. The Hall–Kier alpha value is -2.04. The molecule has 0 fully saturated rings. The van der Waals surface area contributed by atoms with Crippen molar-refractivity contribution in [2.45, 2.75) is 33.4 Å². The number of aryl methyl sites for hydroxylation is 2. The first-order valence-corrected chi connectivity index (χ1v) is 6.82. The van der Waals surface area contributed by atoms with Crippen LogP contribution in [0.4, 0.5) is 15.9 Å². The number of nitrogen functional groups attached to an aromatic ring is 1. The molecule has 0 bridgehead atoms. The molecule has 0 radical (unpaired) electrons. The lowest BCUT2D eigenvalue weighted by atomic mass is 10.2. The molecule has 0 aliphatic rings. The molecule has 5 heteroatoms. The Morgan fingerprint density at radius 1 is 1.35 bits per heavy atom. The highest BCUT2D eigenvalue weighted by molar-refractivity contribution is 5.66. The Labute approximate surface area is 119 Å². The Kier molecular flexibility index (Phi) is 4.27. The predicted octanol–water partition coefficient (Wildman–Crippen LogP) is 2.96. The van der Waals surface area contributed by atoms with Crippen LogP contribution < -0.4 is 10.6 Å². The number of nitrogens with zero attached hydrogens (tertiary/aromatic N) is 3. The highest BCUT2D eigenvalue weighted by atomic mass is 19.1. The average molecular weight is 276 g/mol. The van der Waals surface area contributed by atoms with Gasteiger partial charge in [-0.05, 0) is 19.4 Å². The van der Waals surface area contributed by atoms with E-state index >= 15 is 0 Å². The van der Waals surface area contributed by atoms with Crippen LogP contribution in [0.2, 0.25) is 0 Å². The highest BCUT2D eigenvalue weighted by Gasteiger charge is 2.17. The number of hydrogen-bond donors (Lipinski definition) is 1. The molecule has 0 saturated heterocycles. The number of rotatable bonds is 5. The molecule has 108 valence electrons. The maximum absolute atomic E-state index is 13.7. The van der Waals surface area contributed by atoms with Gasteiger partial charge in [0.1, 0.15) is 5.82 Å². The van der Waals surface area contributed by atoms with Crippen molar-refractivity contribution >= 4 is 11.5 Å². The minimum absolute atomic E-state index is 0.198. The standard InChI is InChI=1S/C15H21FN4/c1-4-9-20-15(14(17)11(2)18-20)19(3)10-12-7-5-6-8-13(12)16/h5-8H,4,9-10,17H2,1-3H3. The molecule has 2 rings (SSSR count). The van der Waals surface area contributed by atoms with Gasteiger partial charge >= 0.3 is 0 Å². The summed E-state index contributed by atoms with van der Waals surface area (Å²) in [7, 11) is 1.91. The van der Waals surface area contributed by atoms with Gasteiger partial charge in [0.05, 0.1) is 11.4 Å². The molecule has 0 atom stereocenters. The van der Waals surface area contributed by atoms with E-state index in [0.717, 1.165) is 24.5 Å². The molecule has 0 amide bonds. The van der Waals surface area contributed by atoms with Crippen molar-refractivity contribution in [2.24, 2.45) is 0 Å². The van der Waals surface area contributed by atoms with Crippen LogP contribution in [0.1, 0.15) is 24.6 Å². The van der Waals surface area contributed by atoms with Crippen molar-refractivity contribution in [1.29, 1.82) is 0 Å². The van der Waals surface area contributed by atoms with Crippen molar-refractivity contribution in [3.05, 3.63) is 41.3 Å². The third-order valence-electron chi connectivity index (χ3n) is 3.31. The molecule has 0 spiro atoms. The van der Waals surface area contributed by atoms with Crippen LogP contribution in [0.3, 0.4) is 0 Å². The van der Waals surface area contributed by atoms with Crippen LogP contribution in [0.15, 0.2) is 24.3 Å². The first-order valence-electron chi connectivity index (χ1n) is 6.82. The van der Waals surface area contributed by atoms with E-state index in [0.29, 0.717) is 17.8 Å². The van der Waals surface area contributed by atoms with Crippen molar-refractivity contribution < 1.29 is 4.39 Å². The molecule has 1 heterocycles. The van der Waals surface area contributed by atoms with Crippen LogP contribution >= 0.6 is 0 Å². The van der Waals surface area contributed by atoms with E-state index in [1.54, 1.807) is 12.1 Å². The molecule has 1 aromatic heterocycles. The van der Waals surface area contributed by atoms with Gasteiger partial charge in [0.25, 0.3) is 0 Å². The van der Waals surface area contributed by atoms with Crippen LogP contribution in [-0.2, 0) is 13.1 Å². The molecule has 0 aliphatic carbocycles. The largest absolute Gasteiger partial charge is 0.394 e. The summed E-state index contributed by atoms with van der Waals surface area (Å²) in [6.07, 6.45) is 0.973. The van der Waals surface area contributed by atoms with Gasteiger partial charge < -0.3 is 10.6 Å². The third kappa shape index (κ3) is 2.76.